The van der Waals surface area contributed by atoms with Gasteiger partial charge in [-0.2, -0.15) is 0 Å². The number of hydrogen-bond donors (Lipinski definition) is 1. The monoisotopic (exact) mass is 390 g/mol. The first kappa shape index (κ1) is 15.8. The number of nitrogens with one attached hydrogen (secondary N) is 1. The Bertz CT molecular complexity index is 879. The SMILES string of the molecule is Cc1ccc(NC(=O)c2cnc(-c3ccccc3F)s2)c(Br)c1. The summed E-state index contributed by atoms with van der Waals surface area (Å²) in [6.07, 6.45) is 1.46. The highest BCUT2D eigenvalue weighted by atomic mass is 79.9. The van der Waals surface area contributed by atoms with E-state index < -0.39 is 0 Å². The van der Waals surface area contributed by atoms with Crippen LogP contribution >= 0.6 is 27.3 Å². The number of thiazole rings is 1. The quantitative estimate of drug-likeness (QED) is 0.661. The van der Waals surface area contributed by atoms with Crippen molar-refractivity contribution in [1.29, 1.82) is 0 Å². The summed E-state index contributed by atoms with van der Waals surface area (Å²) < 4.78 is 14.6. The lowest BCUT2D eigenvalue weighted by atomic mass is 10.2. The Hall–Kier alpha value is -2.05. The van der Waals surface area contributed by atoms with E-state index in [4.69, 9.17) is 0 Å². The summed E-state index contributed by atoms with van der Waals surface area (Å²) in [5.74, 6) is -0.621. The van der Waals surface area contributed by atoms with Gasteiger partial charge >= 0.3 is 0 Å². The van der Waals surface area contributed by atoms with Gasteiger partial charge in [-0.05, 0) is 52.7 Å². The number of nitrogens with zero attached hydrogens (tertiary/aromatic N) is 1. The van der Waals surface area contributed by atoms with E-state index >= 15 is 0 Å². The van der Waals surface area contributed by atoms with E-state index in [2.05, 4.69) is 26.2 Å². The Labute approximate surface area is 145 Å². The number of rotatable bonds is 3. The number of carbonyl (C=O) groups is 1. The van der Waals surface area contributed by atoms with Gasteiger partial charge in [0.25, 0.3) is 5.91 Å². The molecule has 0 spiro atoms. The van der Waals surface area contributed by atoms with Gasteiger partial charge in [0.15, 0.2) is 0 Å². The van der Waals surface area contributed by atoms with Crippen LogP contribution in [0, 0.1) is 12.7 Å². The largest absolute Gasteiger partial charge is 0.320 e. The number of hydrogen-bond acceptors (Lipinski definition) is 3. The minimum Gasteiger partial charge on any atom is -0.320 e. The lowest BCUT2D eigenvalue weighted by Gasteiger charge is -2.06. The van der Waals surface area contributed by atoms with Crippen LogP contribution in [0.1, 0.15) is 15.2 Å². The molecule has 3 nitrogen and oxygen atoms in total. The average molecular weight is 391 g/mol. The maximum Gasteiger partial charge on any atom is 0.267 e. The van der Waals surface area contributed by atoms with Gasteiger partial charge in [0, 0.05) is 10.0 Å². The zero-order chi connectivity index (χ0) is 16.4. The highest BCUT2D eigenvalue weighted by Gasteiger charge is 2.15. The molecule has 0 unspecified atom stereocenters. The molecule has 0 fully saturated rings. The standard InChI is InChI=1S/C17H12BrFN2OS/c1-10-6-7-14(12(18)8-10)21-16(22)15-9-20-17(23-15)11-4-2-3-5-13(11)19/h2-9H,1H3,(H,21,22). The van der Waals surface area contributed by atoms with E-state index in [1.54, 1.807) is 18.2 Å². The fourth-order valence-electron chi connectivity index (χ4n) is 2.04. The van der Waals surface area contributed by atoms with Crippen LogP contribution in [0.5, 0.6) is 0 Å². The van der Waals surface area contributed by atoms with Crippen LogP contribution in [0.3, 0.4) is 0 Å². The zero-order valence-corrected chi connectivity index (χ0v) is 14.5. The summed E-state index contributed by atoms with van der Waals surface area (Å²) in [6.45, 7) is 1.97. The summed E-state index contributed by atoms with van der Waals surface area (Å²) in [6, 6.07) is 12.0. The second-order valence-electron chi connectivity index (χ2n) is 4.95. The minimum atomic E-state index is -0.352. The summed E-state index contributed by atoms with van der Waals surface area (Å²) in [7, 11) is 0. The van der Waals surface area contributed by atoms with Crippen molar-refractivity contribution in [3.05, 3.63) is 69.4 Å². The van der Waals surface area contributed by atoms with Crippen molar-refractivity contribution in [3.8, 4) is 10.6 Å². The molecule has 0 atom stereocenters. The predicted octanol–water partition coefficient (Wildman–Crippen LogP) is 5.27. The van der Waals surface area contributed by atoms with Crippen LogP contribution in [0.2, 0.25) is 0 Å². The first-order chi connectivity index (χ1) is 11.0. The summed E-state index contributed by atoms with van der Waals surface area (Å²) >= 11 is 4.58. The molecule has 0 saturated heterocycles. The van der Waals surface area contributed by atoms with E-state index in [0.29, 0.717) is 21.1 Å². The lowest BCUT2D eigenvalue weighted by molar-refractivity contribution is 0.103. The number of benzene rings is 2. The molecule has 6 heteroatoms. The molecule has 0 radical (unpaired) electrons. The maximum atomic E-state index is 13.8. The van der Waals surface area contributed by atoms with Gasteiger partial charge in [-0.25, -0.2) is 9.37 Å². The molecule has 1 amide bonds. The lowest BCUT2D eigenvalue weighted by Crippen LogP contribution is -2.10. The highest BCUT2D eigenvalue weighted by molar-refractivity contribution is 9.10. The first-order valence-electron chi connectivity index (χ1n) is 6.83. The highest BCUT2D eigenvalue weighted by Crippen LogP contribution is 2.29. The number of amides is 1. The van der Waals surface area contributed by atoms with Crippen LogP contribution in [-0.4, -0.2) is 10.9 Å². The normalized spacial score (nSPS) is 10.6. The molecule has 0 aliphatic heterocycles. The average Bonchev–Trinajstić information content (AvgIpc) is 3.00. The van der Waals surface area contributed by atoms with Crippen LogP contribution in [0.15, 0.2) is 53.1 Å². The van der Waals surface area contributed by atoms with Gasteiger partial charge in [0.1, 0.15) is 15.7 Å². The molecule has 0 aliphatic rings. The number of halogens is 2. The fourth-order valence-corrected chi connectivity index (χ4v) is 3.47. The van der Waals surface area contributed by atoms with Crippen molar-refractivity contribution >= 4 is 38.9 Å². The number of aromatic nitrogens is 1. The summed E-state index contributed by atoms with van der Waals surface area (Å²) in [5, 5.41) is 3.31. The second kappa shape index (κ2) is 6.60. The van der Waals surface area contributed by atoms with Crippen molar-refractivity contribution in [2.24, 2.45) is 0 Å². The molecule has 23 heavy (non-hydrogen) atoms. The van der Waals surface area contributed by atoms with Gasteiger partial charge in [-0.1, -0.05) is 18.2 Å². The molecule has 1 heterocycles. The van der Waals surface area contributed by atoms with Crippen molar-refractivity contribution < 1.29 is 9.18 Å². The van der Waals surface area contributed by atoms with Crippen molar-refractivity contribution in [2.75, 3.05) is 5.32 Å². The van der Waals surface area contributed by atoms with Crippen molar-refractivity contribution in [3.63, 3.8) is 0 Å². The van der Waals surface area contributed by atoms with Crippen molar-refractivity contribution in [2.45, 2.75) is 6.92 Å². The van der Waals surface area contributed by atoms with Gasteiger partial charge < -0.3 is 5.32 Å². The third-order valence-electron chi connectivity index (χ3n) is 3.21. The molecule has 0 bridgehead atoms. The van der Waals surface area contributed by atoms with Gasteiger partial charge in [-0.15, -0.1) is 11.3 Å². The molecule has 2 aromatic carbocycles. The topological polar surface area (TPSA) is 42.0 Å². The first-order valence-corrected chi connectivity index (χ1v) is 8.44. The van der Waals surface area contributed by atoms with E-state index in [1.165, 1.54) is 12.3 Å². The Morgan fingerprint density at radius 2 is 2.04 bits per heavy atom. The number of anilines is 1. The fraction of sp³-hybridized carbons (Fsp3) is 0.0588. The minimum absolute atomic E-state index is 0.269. The predicted molar refractivity (Wildman–Crippen MR) is 94.3 cm³/mol. The molecule has 3 rings (SSSR count). The number of aryl methyl sites for hydroxylation is 1. The summed E-state index contributed by atoms with van der Waals surface area (Å²) in [4.78, 5) is 16.9. The molecule has 1 N–H and O–H groups in total. The molecular weight excluding hydrogens is 379 g/mol. The Balaban J connectivity index is 1.83. The second-order valence-corrected chi connectivity index (χ2v) is 6.83. The number of carbonyl (C=O) groups excluding carboxylic acids is 1. The van der Waals surface area contributed by atoms with E-state index in [-0.39, 0.29) is 11.7 Å². The van der Waals surface area contributed by atoms with Gasteiger partial charge in [-0.3, -0.25) is 4.79 Å². The third kappa shape index (κ3) is 3.48. The molecule has 3 aromatic rings. The van der Waals surface area contributed by atoms with Crippen molar-refractivity contribution in [1.82, 2.24) is 4.98 Å². The van der Waals surface area contributed by atoms with E-state index in [9.17, 15) is 9.18 Å². The molecule has 0 saturated carbocycles. The van der Waals surface area contributed by atoms with E-state index in [1.807, 2.05) is 25.1 Å². The Kier molecular flexibility index (Phi) is 4.54. The molecule has 1 aromatic heterocycles. The van der Waals surface area contributed by atoms with Crippen LogP contribution < -0.4 is 5.32 Å². The molecular formula is C17H12BrFN2OS. The van der Waals surface area contributed by atoms with Gasteiger partial charge in [0.05, 0.1) is 11.9 Å². The zero-order valence-electron chi connectivity index (χ0n) is 12.1. The summed E-state index contributed by atoms with van der Waals surface area (Å²) in [5.41, 5.74) is 2.17. The Morgan fingerprint density at radius 3 is 2.78 bits per heavy atom. The van der Waals surface area contributed by atoms with Crippen LogP contribution in [0.25, 0.3) is 10.6 Å². The molecule has 0 aliphatic carbocycles. The van der Waals surface area contributed by atoms with Gasteiger partial charge in [0.2, 0.25) is 0 Å². The smallest absolute Gasteiger partial charge is 0.267 e. The maximum absolute atomic E-state index is 13.8. The van der Waals surface area contributed by atoms with E-state index in [0.717, 1.165) is 21.4 Å². The Morgan fingerprint density at radius 1 is 1.26 bits per heavy atom. The van der Waals surface area contributed by atoms with Crippen LogP contribution in [0.4, 0.5) is 10.1 Å². The molecule has 116 valence electrons. The van der Waals surface area contributed by atoms with Crippen LogP contribution in [-0.2, 0) is 0 Å². The third-order valence-corrected chi connectivity index (χ3v) is 4.89.